The number of hydrogen-bond donors (Lipinski definition) is 1. The van der Waals surface area contributed by atoms with Crippen LogP contribution in [0.25, 0.3) is 6.08 Å². The molecule has 0 atom stereocenters. The average Bonchev–Trinajstić information content (AvgIpc) is 2.65. The molecule has 0 bridgehead atoms. The third kappa shape index (κ3) is 7.34. The summed E-state index contributed by atoms with van der Waals surface area (Å²) in [6.45, 7) is 5.72. The first-order chi connectivity index (χ1) is 12.9. The van der Waals surface area contributed by atoms with Crippen molar-refractivity contribution in [2.45, 2.75) is 45.6 Å². The van der Waals surface area contributed by atoms with Gasteiger partial charge in [-0.1, -0.05) is 26.0 Å². The Kier molecular flexibility index (Phi) is 8.31. The van der Waals surface area contributed by atoms with E-state index in [0.717, 1.165) is 17.7 Å². The van der Waals surface area contributed by atoms with Gasteiger partial charge in [0.25, 0.3) is 0 Å². The van der Waals surface area contributed by atoms with Gasteiger partial charge in [0.15, 0.2) is 0 Å². The van der Waals surface area contributed by atoms with Crippen molar-refractivity contribution in [3.63, 3.8) is 0 Å². The van der Waals surface area contributed by atoms with Gasteiger partial charge in [0, 0.05) is 25.2 Å². The molecule has 0 saturated carbocycles. The standard InChI is InChI=1S/C20H30N2O4S/c1-3-15-26-19-8-5-17(6-9-19)7-10-20(23)22-13-11-18(12-14-22)21-27(24,25)16-4-2/h5-10,18,21H,3-4,11-16H2,1-2H3/b10-7+. The summed E-state index contributed by atoms with van der Waals surface area (Å²) in [6, 6.07) is 7.55. The van der Waals surface area contributed by atoms with E-state index >= 15 is 0 Å². The van der Waals surface area contributed by atoms with E-state index in [9.17, 15) is 13.2 Å². The van der Waals surface area contributed by atoms with Crippen molar-refractivity contribution in [3.05, 3.63) is 35.9 Å². The van der Waals surface area contributed by atoms with Gasteiger partial charge in [-0.25, -0.2) is 13.1 Å². The molecule has 6 nitrogen and oxygen atoms in total. The Morgan fingerprint density at radius 2 is 1.85 bits per heavy atom. The van der Waals surface area contributed by atoms with E-state index in [2.05, 4.69) is 11.6 Å². The highest BCUT2D eigenvalue weighted by Gasteiger charge is 2.24. The van der Waals surface area contributed by atoms with Gasteiger partial charge in [0.2, 0.25) is 15.9 Å². The molecule has 1 aromatic rings. The van der Waals surface area contributed by atoms with Crippen LogP contribution >= 0.6 is 0 Å². The van der Waals surface area contributed by atoms with Gasteiger partial charge in [-0.3, -0.25) is 4.79 Å². The second-order valence-electron chi connectivity index (χ2n) is 6.79. The molecule has 1 aliphatic rings. The summed E-state index contributed by atoms with van der Waals surface area (Å²) in [6.07, 6.45) is 6.22. The zero-order valence-corrected chi connectivity index (χ0v) is 17.0. The van der Waals surface area contributed by atoms with E-state index in [-0.39, 0.29) is 17.7 Å². The maximum Gasteiger partial charge on any atom is 0.246 e. The van der Waals surface area contributed by atoms with Gasteiger partial charge in [0.1, 0.15) is 5.75 Å². The summed E-state index contributed by atoms with van der Waals surface area (Å²) in [5, 5.41) is 0. The van der Waals surface area contributed by atoms with E-state index in [1.807, 2.05) is 31.2 Å². The summed E-state index contributed by atoms with van der Waals surface area (Å²) < 4.78 is 32.0. The molecule has 1 saturated heterocycles. The second-order valence-corrected chi connectivity index (χ2v) is 8.66. The Morgan fingerprint density at radius 1 is 1.19 bits per heavy atom. The Labute approximate surface area is 162 Å². The van der Waals surface area contributed by atoms with Crippen molar-refractivity contribution in [1.29, 1.82) is 0 Å². The van der Waals surface area contributed by atoms with E-state index in [1.165, 1.54) is 0 Å². The number of nitrogens with one attached hydrogen (secondary N) is 1. The van der Waals surface area contributed by atoms with Crippen LogP contribution in [0.15, 0.2) is 30.3 Å². The minimum Gasteiger partial charge on any atom is -0.494 e. The quantitative estimate of drug-likeness (QED) is 0.654. The number of benzene rings is 1. The van der Waals surface area contributed by atoms with Crippen LogP contribution in [0.1, 0.15) is 45.1 Å². The first kappa shape index (κ1) is 21.4. The molecule has 0 aromatic heterocycles. The molecule has 7 heteroatoms. The number of rotatable bonds is 9. The van der Waals surface area contributed by atoms with Gasteiger partial charge in [-0.05, 0) is 49.5 Å². The van der Waals surface area contributed by atoms with E-state index in [1.54, 1.807) is 17.1 Å². The molecule has 1 heterocycles. The predicted molar refractivity (Wildman–Crippen MR) is 108 cm³/mol. The predicted octanol–water partition coefficient (Wildman–Crippen LogP) is 2.81. The first-order valence-electron chi connectivity index (χ1n) is 9.63. The number of carbonyl (C=O) groups is 1. The summed E-state index contributed by atoms with van der Waals surface area (Å²) in [4.78, 5) is 14.1. The van der Waals surface area contributed by atoms with Gasteiger partial charge < -0.3 is 9.64 Å². The van der Waals surface area contributed by atoms with Gasteiger partial charge in [-0.2, -0.15) is 0 Å². The lowest BCUT2D eigenvalue weighted by molar-refractivity contribution is -0.126. The fourth-order valence-corrected chi connectivity index (χ4v) is 4.37. The molecule has 0 spiro atoms. The third-order valence-corrected chi connectivity index (χ3v) is 6.04. The molecule has 2 rings (SSSR count). The maximum atomic E-state index is 12.3. The smallest absolute Gasteiger partial charge is 0.246 e. The number of amides is 1. The number of nitrogens with zero attached hydrogens (tertiary/aromatic N) is 1. The molecule has 1 aliphatic heterocycles. The molecular formula is C20H30N2O4S. The van der Waals surface area contributed by atoms with Crippen LogP contribution in [-0.2, 0) is 14.8 Å². The highest BCUT2D eigenvalue weighted by Crippen LogP contribution is 2.15. The summed E-state index contributed by atoms with van der Waals surface area (Å²) >= 11 is 0. The van der Waals surface area contributed by atoms with Gasteiger partial charge in [-0.15, -0.1) is 0 Å². The largest absolute Gasteiger partial charge is 0.494 e. The van der Waals surface area contributed by atoms with E-state index < -0.39 is 10.0 Å². The average molecular weight is 395 g/mol. The maximum absolute atomic E-state index is 12.3. The number of piperidine rings is 1. The lowest BCUT2D eigenvalue weighted by Gasteiger charge is -2.31. The van der Waals surface area contributed by atoms with Crippen molar-refractivity contribution in [1.82, 2.24) is 9.62 Å². The van der Waals surface area contributed by atoms with Crippen molar-refractivity contribution in [2.75, 3.05) is 25.4 Å². The fraction of sp³-hybridized carbons (Fsp3) is 0.550. The van der Waals surface area contributed by atoms with Crippen LogP contribution in [0.2, 0.25) is 0 Å². The van der Waals surface area contributed by atoms with Crippen molar-refractivity contribution >= 4 is 22.0 Å². The Bertz CT molecular complexity index is 721. The molecule has 150 valence electrons. The topological polar surface area (TPSA) is 75.7 Å². The molecule has 1 amide bonds. The van der Waals surface area contributed by atoms with Crippen LogP contribution in [0.5, 0.6) is 5.75 Å². The third-order valence-electron chi connectivity index (χ3n) is 4.40. The number of carbonyl (C=O) groups excluding carboxylic acids is 1. The van der Waals surface area contributed by atoms with Crippen molar-refractivity contribution in [3.8, 4) is 5.75 Å². The van der Waals surface area contributed by atoms with E-state index in [0.29, 0.717) is 39.0 Å². The Morgan fingerprint density at radius 3 is 2.44 bits per heavy atom. The van der Waals surface area contributed by atoms with Crippen LogP contribution in [0.3, 0.4) is 0 Å². The zero-order chi connectivity index (χ0) is 19.7. The lowest BCUT2D eigenvalue weighted by atomic mass is 10.1. The highest BCUT2D eigenvalue weighted by molar-refractivity contribution is 7.89. The monoisotopic (exact) mass is 394 g/mol. The summed E-state index contributed by atoms with van der Waals surface area (Å²) in [5.41, 5.74) is 0.939. The van der Waals surface area contributed by atoms with Gasteiger partial charge in [0.05, 0.1) is 12.4 Å². The number of sulfonamides is 1. The Hall–Kier alpha value is -1.86. The highest BCUT2D eigenvalue weighted by atomic mass is 32.2. The second kappa shape index (κ2) is 10.5. The zero-order valence-electron chi connectivity index (χ0n) is 16.2. The molecule has 1 N–H and O–H groups in total. The van der Waals surface area contributed by atoms with E-state index in [4.69, 9.17) is 4.74 Å². The fourth-order valence-electron chi connectivity index (χ4n) is 2.97. The molecular weight excluding hydrogens is 364 g/mol. The molecule has 0 aliphatic carbocycles. The SMILES string of the molecule is CCCOc1ccc(/C=C/C(=O)N2CCC(NS(=O)(=O)CCC)CC2)cc1. The van der Waals surface area contributed by atoms with Crippen LogP contribution in [-0.4, -0.2) is 50.7 Å². The van der Waals surface area contributed by atoms with Crippen molar-refractivity contribution < 1.29 is 17.9 Å². The first-order valence-corrected chi connectivity index (χ1v) is 11.3. The van der Waals surface area contributed by atoms with Gasteiger partial charge >= 0.3 is 0 Å². The van der Waals surface area contributed by atoms with Crippen molar-refractivity contribution in [2.24, 2.45) is 0 Å². The lowest BCUT2D eigenvalue weighted by Crippen LogP contribution is -2.46. The molecule has 1 fully saturated rings. The minimum atomic E-state index is -3.20. The number of likely N-dealkylation sites (tertiary alicyclic amines) is 1. The molecule has 0 radical (unpaired) electrons. The Balaban J connectivity index is 1.81. The normalized spacial score (nSPS) is 16.0. The molecule has 0 unspecified atom stereocenters. The molecule has 27 heavy (non-hydrogen) atoms. The summed E-state index contributed by atoms with van der Waals surface area (Å²) in [5.74, 6) is 0.932. The van der Waals surface area contributed by atoms with Crippen LogP contribution < -0.4 is 9.46 Å². The van der Waals surface area contributed by atoms with Crippen LogP contribution in [0.4, 0.5) is 0 Å². The molecule has 1 aromatic carbocycles. The summed E-state index contributed by atoms with van der Waals surface area (Å²) in [7, 11) is -3.20. The van der Waals surface area contributed by atoms with Crippen LogP contribution in [0, 0.1) is 0 Å². The number of ether oxygens (including phenoxy) is 1. The number of hydrogen-bond acceptors (Lipinski definition) is 4. The minimum absolute atomic E-state index is 0.0452.